The fourth-order valence-corrected chi connectivity index (χ4v) is 16.6. The number of carbonyl (C=O) groups is 14. The van der Waals surface area contributed by atoms with Gasteiger partial charge >= 0.3 is 0 Å². The van der Waals surface area contributed by atoms with Crippen molar-refractivity contribution in [3.8, 4) is 0 Å². The summed E-state index contributed by atoms with van der Waals surface area (Å²) in [7, 11) is 5.52. The van der Waals surface area contributed by atoms with E-state index in [0.29, 0.717) is 81.4 Å². The van der Waals surface area contributed by atoms with E-state index >= 15 is 0 Å². The van der Waals surface area contributed by atoms with Gasteiger partial charge in [-0.25, -0.2) is 0 Å². The van der Waals surface area contributed by atoms with Crippen molar-refractivity contribution in [3.63, 3.8) is 0 Å². The number of amides is 14. The Bertz CT molecular complexity index is 2500. The van der Waals surface area contributed by atoms with Gasteiger partial charge in [-0.15, -0.1) is 0 Å². The third kappa shape index (κ3) is 14.6. The van der Waals surface area contributed by atoms with Crippen molar-refractivity contribution in [2.24, 2.45) is 11.5 Å². The third-order valence-electron chi connectivity index (χ3n) is 15.8. The molecule has 28 nitrogen and oxygen atoms in total. The van der Waals surface area contributed by atoms with E-state index in [0.717, 1.165) is 38.5 Å². The Balaban J connectivity index is 0.000000165. The highest BCUT2D eigenvalue weighted by Gasteiger charge is 2.47. The van der Waals surface area contributed by atoms with Gasteiger partial charge in [0.15, 0.2) is 0 Å². The lowest BCUT2D eigenvalue weighted by atomic mass is 10.1. The normalized spacial score (nSPS) is 29.5. The number of nitrogens with zero attached hydrogens (tertiary/aromatic N) is 5. The first kappa shape index (κ1) is 62.4. The molecule has 12 atom stereocenters. The summed E-state index contributed by atoms with van der Waals surface area (Å²) in [6, 6.07) is -6.82. The summed E-state index contributed by atoms with van der Waals surface area (Å²) in [5, 5.41) is 18.7. The molecule has 0 bridgehead atoms. The summed E-state index contributed by atoms with van der Waals surface area (Å²) in [5.74, 6) is -1.64. The lowest BCUT2D eigenvalue weighted by Gasteiger charge is -2.35. The van der Waals surface area contributed by atoms with Crippen molar-refractivity contribution in [1.82, 2.24) is 61.7 Å². The zero-order valence-electron chi connectivity index (χ0n) is 45.1. The average molecular weight is 1240 g/mol. The highest BCUT2D eigenvalue weighted by atomic mass is 33.1. The van der Waals surface area contributed by atoms with E-state index in [1.165, 1.54) is 64.7 Å². The van der Waals surface area contributed by atoms with Gasteiger partial charge in [0.05, 0.1) is 12.8 Å². The number of nitrogens with one attached hydrogen (secondary N) is 7. The number of piperazine rings is 3. The van der Waals surface area contributed by atoms with E-state index in [9.17, 15) is 67.1 Å². The molecule has 11 N–H and O–H groups in total. The molecule has 2 unspecified atom stereocenters. The van der Waals surface area contributed by atoms with Gasteiger partial charge in [0.25, 0.3) is 0 Å². The van der Waals surface area contributed by atoms with Crippen LogP contribution in [0.25, 0.3) is 0 Å². The molecule has 0 radical (unpaired) electrons. The third-order valence-corrected chi connectivity index (χ3v) is 21.3. The van der Waals surface area contributed by atoms with Gasteiger partial charge in [-0.1, -0.05) is 43.2 Å². The molecule has 14 amide bonds. The summed E-state index contributed by atoms with van der Waals surface area (Å²) in [4.78, 5) is 177. The maximum absolute atomic E-state index is 13.2. The van der Waals surface area contributed by atoms with Gasteiger partial charge < -0.3 is 73.2 Å². The minimum Gasteiger partial charge on any atom is -0.368 e. The minimum absolute atomic E-state index is 0.0119. The molecule has 10 heterocycles. The van der Waals surface area contributed by atoms with Crippen LogP contribution in [0.15, 0.2) is 0 Å². The predicted molar refractivity (Wildman–Crippen MR) is 303 cm³/mol. The van der Waals surface area contributed by atoms with E-state index < -0.39 is 78.0 Å². The monoisotopic (exact) mass is 1240 g/mol. The lowest BCUT2D eigenvalue weighted by molar-refractivity contribution is -0.146. The Morgan fingerprint density at radius 3 is 1.15 bits per heavy atom. The van der Waals surface area contributed by atoms with Crippen molar-refractivity contribution in [2.45, 2.75) is 150 Å². The van der Waals surface area contributed by atoms with Crippen LogP contribution in [0.4, 0.5) is 0 Å². The quantitative estimate of drug-likeness (QED) is 0.0314. The summed E-state index contributed by atoms with van der Waals surface area (Å²) in [6.07, 6.45) is 9.14. The molecule has 10 aliphatic rings. The molecule has 0 aromatic rings. The molecule has 10 saturated heterocycles. The van der Waals surface area contributed by atoms with Crippen molar-refractivity contribution in [2.75, 3.05) is 67.7 Å². The summed E-state index contributed by atoms with van der Waals surface area (Å²) in [6.45, 7) is 2.74. The largest absolute Gasteiger partial charge is 0.368 e. The number of primary amides is 2. The molecule has 10 rings (SSSR count). The maximum Gasteiger partial charge on any atom is 0.246 e. The Labute approximate surface area is 492 Å². The maximum atomic E-state index is 13.2. The molecule has 450 valence electrons. The van der Waals surface area contributed by atoms with E-state index in [4.69, 9.17) is 11.5 Å². The number of likely N-dealkylation sites (tertiary alicyclic amines) is 2. The zero-order valence-corrected chi connectivity index (χ0v) is 49.2. The second-order valence-corrected chi connectivity index (χ2v) is 27.3. The van der Waals surface area contributed by atoms with Gasteiger partial charge in [-0.2, -0.15) is 11.8 Å². The SMILES string of the molecule is CSC[C@H](NC(=O)[C@@H]1CC(=O)N1)C(=O)N1CCC[C@H]1C(N)=O.NC(=O)[C@H]1CCCN1C(=O)[C@H](CSSC[C@@H]1NC(=O)C2CCCN2C1=O)NC(=O)C1CC(=O)N1.O=C1N[C@@H](CSSC[C@@H]2NC(=O)[C@@H]3CCCN3C2=O)C(=O)N2CCC[C@H]12. The topological polar surface area (TPSA) is 391 Å². The molecule has 0 aromatic carbocycles. The first-order valence-corrected chi connectivity index (χ1v) is 33.8. The number of fused-ring (bicyclic) bond motifs is 3. The Kier molecular flexibility index (Phi) is 21.5. The number of thioether (sulfide) groups is 1. The van der Waals surface area contributed by atoms with Crippen molar-refractivity contribution in [3.05, 3.63) is 0 Å². The number of hydrogen-bond acceptors (Lipinski definition) is 19. The molecular formula is C49H70N14O14S5. The number of β-lactam (4-membered cyclic amide) rings is 2. The van der Waals surface area contributed by atoms with E-state index in [-0.39, 0.29) is 95.8 Å². The number of rotatable bonds is 20. The van der Waals surface area contributed by atoms with E-state index in [2.05, 4.69) is 37.2 Å². The molecule has 10 fully saturated rings. The Hall–Kier alpha value is -5.67. The molecular weight excluding hydrogens is 1170 g/mol. The Morgan fingerprint density at radius 1 is 0.488 bits per heavy atom. The van der Waals surface area contributed by atoms with Crippen molar-refractivity contribution in [1.29, 1.82) is 0 Å². The predicted octanol–water partition coefficient (Wildman–Crippen LogP) is -4.75. The second kappa shape index (κ2) is 28.3. The molecule has 10 aliphatic heterocycles. The minimum atomic E-state index is -0.929. The Morgan fingerprint density at radius 2 is 0.817 bits per heavy atom. The fourth-order valence-electron chi connectivity index (χ4n) is 11.4. The standard InChI is InChI=1S/C20H28N6O6S2.C16H22N4O4S2.C13H20N4O4S/c21-16(28)13-3-1-5-25(13)19(31)11(23-17(29)10-7-15(27)22-10)8-33-34-9-12-20(32)26-6-2-4-14(26)18(30)24-12;21-13-11-3-1-5-19(11)15(23)9(17-13)7-25-26-8-10-16(24)20-6-2-4-12(20)14(22)18-10;1-22-6-8(16-12(20)7-5-10(18)15-7)13(21)17-4-2-3-9(17)11(14)19/h10-14H,1-9H2,(H2,21,28)(H,22,27)(H,23,29)(H,24,30);9-12H,1-8H2,(H,17,21)(H,18,22);7-9H,2-6H2,1H3,(H2,14,19)(H,15,18)(H,16,20)/t10?,11-,12-,13+,14?;9-,10-,11-,12+;7-,8-,9-/m000/s1. The van der Waals surface area contributed by atoms with E-state index in [1.54, 1.807) is 14.7 Å². The first-order valence-electron chi connectivity index (χ1n) is 27.5. The van der Waals surface area contributed by atoms with Gasteiger partial charge in [0.2, 0.25) is 82.7 Å². The first-order chi connectivity index (χ1) is 39.3. The van der Waals surface area contributed by atoms with Crippen LogP contribution in [0.5, 0.6) is 0 Å². The van der Waals surface area contributed by atoms with Gasteiger partial charge in [0.1, 0.15) is 72.5 Å². The van der Waals surface area contributed by atoms with Gasteiger partial charge in [-0.3, -0.25) is 67.1 Å². The average Bonchev–Trinajstić information content (AvgIpc) is 4.49. The van der Waals surface area contributed by atoms with Crippen LogP contribution in [0.1, 0.15) is 77.0 Å². The second-order valence-electron chi connectivity index (χ2n) is 21.3. The zero-order chi connectivity index (χ0) is 58.9. The van der Waals surface area contributed by atoms with Crippen LogP contribution in [-0.2, 0) is 67.1 Å². The molecule has 0 saturated carbocycles. The summed E-state index contributed by atoms with van der Waals surface area (Å²) < 4.78 is 0. The van der Waals surface area contributed by atoms with Crippen LogP contribution in [-0.4, -0.2) is 247 Å². The van der Waals surface area contributed by atoms with Crippen molar-refractivity contribution < 1.29 is 67.1 Å². The molecule has 82 heavy (non-hydrogen) atoms. The van der Waals surface area contributed by atoms with Crippen LogP contribution in [0.2, 0.25) is 0 Å². The van der Waals surface area contributed by atoms with Crippen LogP contribution < -0.4 is 48.7 Å². The smallest absolute Gasteiger partial charge is 0.246 e. The molecule has 0 aliphatic carbocycles. The van der Waals surface area contributed by atoms with Gasteiger partial charge in [0, 0.05) is 61.5 Å². The summed E-state index contributed by atoms with van der Waals surface area (Å²) >= 11 is 1.42. The lowest BCUT2D eigenvalue weighted by Crippen LogP contribution is -2.62. The highest BCUT2D eigenvalue weighted by molar-refractivity contribution is 8.77. The van der Waals surface area contributed by atoms with Crippen molar-refractivity contribution >= 4 is 138 Å². The number of carbonyl (C=O) groups excluding carboxylic acids is 14. The van der Waals surface area contributed by atoms with E-state index in [1.807, 2.05) is 6.26 Å². The fraction of sp³-hybridized carbons (Fsp3) is 0.714. The number of hydrogen-bond donors (Lipinski definition) is 9. The molecule has 0 spiro atoms. The summed E-state index contributed by atoms with van der Waals surface area (Å²) in [5.41, 5.74) is 10.8. The van der Waals surface area contributed by atoms with Crippen LogP contribution in [0, 0.1) is 0 Å². The van der Waals surface area contributed by atoms with Gasteiger partial charge in [-0.05, 0) is 70.5 Å². The number of nitrogens with two attached hydrogens (primary N) is 2. The van der Waals surface area contributed by atoms with Crippen LogP contribution in [0.3, 0.4) is 0 Å². The molecule has 0 aromatic heterocycles. The molecule has 33 heteroatoms. The highest BCUT2D eigenvalue weighted by Crippen LogP contribution is 2.32. The van der Waals surface area contributed by atoms with Crippen LogP contribution >= 0.6 is 54.9 Å².